The number of nitrogens with one attached hydrogen (secondary N) is 3. The fourth-order valence-corrected chi connectivity index (χ4v) is 3.70. The number of pyridine rings is 2. The van der Waals surface area contributed by atoms with Gasteiger partial charge in [-0.1, -0.05) is 12.8 Å². The van der Waals surface area contributed by atoms with Crippen molar-refractivity contribution in [2.75, 3.05) is 5.32 Å². The Labute approximate surface area is 138 Å². The van der Waals surface area contributed by atoms with Crippen LogP contribution < -0.4 is 5.32 Å². The fourth-order valence-electron chi connectivity index (χ4n) is 3.70. The van der Waals surface area contributed by atoms with Crippen LogP contribution in [0.15, 0.2) is 36.8 Å². The third-order valence-corrected chi connectivity index (χ3v) is 4.88. The van der Waals surface area contributed by atoms with Gasteiger partial charge < -0.3 is 10.3 Å². The van der Waals surface area contributed by atoms with E-state index in [9.17, 15) is 0 Å². The highest BCUT2D eigenvalue weighted by Gasteiger charge is 2.17. The van der Waals surface area contributed by atoms with E-state index < -0.39 is 0 Å². The number of aromatic nitrogens is 5. The molecule has 1 fully saturated rings. The molecule has 24 heavy (non-hydrogen) atoms. The van der Waals surface area contributed by atoms with Crippen molar-refractivity contribution in [3.63, 3.8) is 0 Å². The van der Waals surface area contributed by atoms with E-state index in [4.69, 9.17) is 4.98 Å². The van der Waals surface area contributed by atoms with Crippen LogP contribution in [0.25, 0.3) is 33.2 Å². The largest absolute Gasteiger partial charge is 0.367 e. The molecule has 0 atom stereocenters. The van der Waals surface area contributed by atoms with Crippen molar-refractivity contribution in [3.05, 3.63) is 36.8 Å². The van der Waals surface area contributed by atoms with Crippen molar-refractivity contribution in [1.29, 1.82) is 0 Å². The molecule has 1 saturated carbocycles. The molecule has 6 nitrogen and oxygen atoms in total. The van der Waals surface area contributed by atoms with E-state index >= 15 is 0 Å². The van der Waals surface area contributed by atoms with Crippen molar-refractivity contribution >= 4 is 27.9 Å². The van der Waals surface area contributed by atoms with Gasteiger partial charge in [-0.25, -0.2) is 9.97 Å². The van der Waals surface area contributed by atoms with Crippen molar-refractivity contribution in [2.24, 2.45) is 0 Å². The topological polar surface area (TPSA) is 82.3 Å². The van der Waals surface area contributed by atoms with Crippen LogP contribution in [-0.4, -0.2) is 31.2 Å². The number of hydrogen-bond acceptors (Lipinski definition) is 4. The monoisotopic (exact) mass is 318 g/mol. The summed E-state index contributed by atoms with van der Waals surface area (Å²) in [6, 6.07) is 6.79. The molecule has 0 spiro atoms. The lowest BCUT2D eigenvalue weighted by Crippen LogP contribution is -2.15. The maximum absolute atomic E-state index is 4.75. The molecule has 4 heterocycles. The summed E-state index contributed by atoms with van der Waals surface area (Å²) in [5, 5.41) is 12.8. The second-order valence-electron chi connectivity index (χ2n) is 6.41. The molecule has 0 aromatic carbocycles. The van der Waals surface area contributed by atoms with Gasteiger partial charge >= 0.3 is 0 Å². The summed E-state index contributed by atoms with van der Waals surface area (Å²) in [6.07, 6.45) is 10.6. The number of H-pyrrole nitrogens is 2. The first kappa shape index (κ1) is 13.5. The van der Waals surface area contributed by atoms with E-state index in [2.05, 4.69) is 37.6 Å². The smallest absolute Gasteiger partial charge is 0.155 e. The van der Waals surface area contributed by atoms with Gasteiger partial charge in [-0.15, -0.1) is 0 Å². The van der Waals surface area contributed by atoms with Crippen molar-refractivity contribution < 1.29 is 0 Å². The van der Waals surface area contributed by atoms with Gasteiger partial charge in [0.2, 0.25) is 0 Å². The Morgan fingerprint density at radius 3 is 2.88 bits per heavy atom. The lowest BCUT2D eigenvalue weighted by Gasteiger charge is -2.14. The minimum absolute atomic E-state index is 0.532. The summed E-state index contributed by atoms with van der Waals surface area (Å²) < 4.78 is 0. The average Bonchev–Trinajstić information content (AvgIpc) is 3.34. The summed E-state index contributed by atoms with van der Waals surface area (Å²) in [5.74, 6) is 0.931. The van der Waals surface area contributed by atoms with Crippen LogP contribution in [0.5, 0.6) is 0 Å². The molecule has 0 radical (unpaired) electrons. The van der Waals surface area contributed by atoms with Gasteiger partial charge in [0.25, 0.3) is 0 Å². The van der Waals surface area contributed by atoms with Crippen LogP contribution in [0, 0.1) is 0 Å². The highest BCUT2D eigenvalue weighted by Crippen LogP contribution is 2.34. The van der Waals surface area contributed by atoms with Gasteiger partial charge in [-0.05, 0) is 42.2 Å². The molecule has 0 unspecified atom stereocenters. The van der Waals surface area contributed by atoms with E-state index in [0.717, 1.165) is 39.0 Å². The Balaban J connectivity index is 1.68. The summed E-state index contributed by atoms with van der Waals surface area (Å²) >= 11 is 0. The third-order valence-electron chi connectivity index (χ3n) is 4.88. The highest BCUT2D eigenvalue weighted by atomic mass is 15.1. The van der Waals surface area contributed by atoms with E-state index in [1.807, 2.05) is 24.7 Å². The molecule has 3 N–H and O–H groups in total. The molecule has 0 aliphatic heterocycles. The number of aromatic amines is 2. The fraction of sp³-hybridized carbons (Fsp3) is 0.278. The lowest BCUT2D eigenvalue weighted by molar-refractivity contribution is 0.751. The molecule has 5 rings (SSSR count). The van der Waals surface area contributed by atoms with E-state index in [1.165, 1.54) is 25.7 Å². The van der Waals surface area contributed by atoms with E-state index in [1.54, 1.807) is 0 Å². The maximum atomic E-state index is 4.75. The average molecular weight is 318 g/mol. The molecule has 0 saturated heterocycles. The molecule has 1 aliphatic carbocycles. The van der Waals surface area contributed by atoms with Crippen LogP contribution in [0.2, 0.25) is 0 Å². The minimum atomic E-state index is 0.532. The zero-order chi connectivity index (χ0) is 15.9. The van der Waals surface area contributed by atoms with Gasteiger partial charge in [0.1, 0.15) is 11.5 Å². The Bertz CT molecular complexity index is 1010. The third kappa shape index (κ3) is 2.14. The number of hydrogen-bond donors (Lipinski definition) is 3. The first-order valence-electron chi connectivity index (χ1n) is 8.41. The number of fused-ring (bicyclic) bond motifs is 2. The molecule has 4 aromatic rings. The van der Waals surface area contributed by atoms with Crippen LogP contribution in [-0.2, 0) is 0 Å². The van der Waals surface area contributed by atoms with Crippen LogP contribution in [0.3, 0.4) is 0 Å². The van der Waals surface area contributed by atoms with Crippen LogP contribution >= 0.6 is 0 Å². The number of rotatable bonds is 3. The second-order valence-corrected chi connectivity index (χ2v) is 6.41. The van der Waals surface area contributed by atoms with Crippen LogP contribution in [0.4, 0.5) is 5.82 Å². The molecular weight excluding hydrogens is 300 g/mol. The predicted molar refractivity (Wildman–Crippen MR) is 94.9 cm³/mol. The zero-order valence-electron chi connectivity index (χ0n) is 13.2. The standard InChI is InChI=1S/C18H18N6/c1-2-4-11(3-1)22-16-9-14(13-6-8-19-17(13)23-16)12-5-7-20-18-15(12)10-21-24-18/h5-11H,1-4H2,(H2,19,22,23)(H,20,21,24). The molecule has 120 valence electrons. The Morgan fingerprint density at radius 1 is 1.04 bits per heavy atom. The normalized spacial score (nSPS) is 15.5. The Morgan fingerprint density at radius 2 is 1.96 bits per heavy atom. The molecule has 0 amide bonds. The quantitative estimate of drug-likeness (QED) is 0.536. The van der Waals surface area contributed by atoms with Gasteiger partial charge in [-0.2, -0.15) is 5.10 Å². The Kier molecular flexibility index (Phi) is 3.01. The molecule has 6 heteroatoms. The van der Waals surface area contributed by atoms with Gasteiger partial charge in [-0.3, -0.25) is 5.10 Å². The highest BCUT2D eigenvalue weighted by molar-refractivity contribution is 6.02. The summed E-state index contributed by atoms with van der Waals surface area (Å²) in [4.78, 5) is 12.3. The number of anilines is 1. The van der Waals surface area contributed by atoms with Crippen molar-refractivity contribution in [2.45, 2.75) is 31.7 Å². The summed E-state index contributed by atoms with van der Waals surface area (Å²) in [6.45, 7) is 0. The van der Waals surface area contributed by atoms with Crippen molar-refractivity contribution in [3.8, 4) is 11.1 Å². The maximum Gasteiger partial charge on any atom is 0.155 e. The lowest BCUT2D eigenvalue weighted by atomic mass is 10.0. The van der Waals surface area contributed by atoms with E-state index in [-0.39, 0.29) is 0 Å². The SMILES string of the molecule is c1cc(-c2cc(NC3CCCC3)nc3[nH]ccc23)c2cn[nH]c2n1. The van der Waals surface area contributed by atoms with Gasteiger partial charge in [0.15, 0.2) is 5.65 Å². The van der Waals surface area contributed by atoms with Gasteiger partial charge in [0, 0.05) is 29.2 Å². The molecular formula is C18H18N6. The minimum Gasteiger partial charge on any atom is -0.367 e. The second kappa shape index (κ2) is 5.33. The predicted octanol–water partition coefficient (Wildman–Crippen LogP) is 3.86. The molecule has 4 aromatic heterocycles. The Hall–Kier alpha value is -2.89. The zero-order valence-corrected chi connectivity index (χ0v) is 13.2. The number of nitrogens with zero attached hydrogens (tertiary/aromatic N) is 3. The first-order valence-corrected chi connectivity index (χ1v) is 8.41. The summed E-state index contributed by atoms with van der Waals surface area (Å²) in [5.41, 5.74) is 3.98. The van der Waals surface area contributed by atoms with E-state index in [0.29, 0.717) is 6.04 Å². The van der Waals surface area contributed by atoms with Gasteiger partial charge in [0.05, 0.1) is 6.20 Å². The molecule has 0 bridgehead atoms. The van der Waals surface area contributed by atoms with Crippen LogP contribution in [0.1, 0.15) is 25.7 Å². The first-order chi connectivity index (χ1) is 11.9. The molecule has 1 aliphatic rings. The summed E-state index contributed by atoms with van der Waals surface area (Å²) in [7, 11) is 0. The van der Waals surface area contributed by atoms with Crippen molar-refractivity contribution in [1.82, 2.24) is 25.1 Å².